The molecular formula is C18H13Cl5O4. The zero-order valence-corrected chi connectivity index (χ0v) is 17.7. The van der Waals surface area contributed by atoms with Gasteiger partial charge in [0.05, 0.1) is 22.2 Å². The largest absolute Gasteiger partial charge is 0.493 e. The van der Waals surface area contributed by atoms with Crippen LogP contribution < -0.4 is 14.2 Å². The highest BCUT2D eigenvalue weighted by atomic mass is 35.5. The maximum Gasteiger partial charge on any atom is 0.349 e. The fourth-order valence-corrected chi connectivity index (χ4v) is 3.28. The second-order valence-electron chi connectivity index (χ2n) is 5.14. The lowest BCUT2D eigenvalue weighted by atomic mass is 10.1. The molecule has 2 aromatic carbocycles. The van der Waals surface area contributed by atoms with Crippen LogP contribution in [0.5, 0.6) is 17.2 Å². The predicted molar refractivity (Wildman–Crippen MR) is 110 cm³/mol. The van der Waals surface area contributed by atoms with E-state index in [0.717, 1.165) is 5.56 Å². The molecule has 0 saturated carbocycles. The zero-order chi connectivity index (χ0) is 20.1. The highest BCUT2D eigenvalue weighted by Gasteiger charge is 2.23. The van der Waals surface area contributed by atoms with Gasteiger partial charge in [-0.1, -0.05) is 70.1 Å². The van der Waals surface area contributed by atoms with Crippen molar-refractivity contribution in [2.75, 3.05) is 13.7 Å². The van der Waals surface area contributed by atoms with E-state index in [1.807, 2.05) is 6.07 Å². The molecule has 0 atom stereocenters. The SMILES string of the molecule is C=CCc1ccc(OCC(=O)Oc2c(Cl)c(Cl)c(Cl)c(Cl)c2Cl)c(OC)c1. The number of rotatable bonds is 7. The molecule has 0 aromatic heterocycles. The first-order chi connectivity index (χ1) is 12.8. The third-order valence-electron chi connectivity index (χ3n) is 3.34. The van der Waals surface area contributed by atoms with Gasteiger partial charge in [-0.25, -0.2) is 4.79 Å². The molecule has 0 spiro atoms. The van der Waals surface area contributed by atoms with E-state index in [-0.39, 0.29) is 30.9 Å². The molecule has 27 heavy (non-hydrogen) atoms. The van der Waals surface area contributed by atoms with Gasteiger partial charge in [0.2, 0.25) is 0 Å². The van der Waals surface area contributed by atoms with Crippen molar-refractivity contribution in [3.05, 3.63) is 61.5 Å². The van der Waals surface area contributed by atoms with Crippen LogP contribution in [0.2, 0.25) is 25.1 Å². The van der Waals surface area contributed by atoms with Gasteiger partial charge in [0.1, 0.15) is 10.0 Å². The molecule has 2 aromatic rings. The van der Waals surface area contributed by atoms with Crippen LogP contribution in [0.15, 0.2) is 30.9 Å². The van der Waals surface area contributed by atoms with E-state index in [4.69, 9.17) is 72.2 Å². The quantitative estimate of drug-likeness (QED) is 0.149. The third-order valence-corrected chi connectivity index (χ3v) is 5.58. The molecule has 0 aliphatic heterocycles. The van der Waals surface area contributed by atoms with Gasteiger partial charge < -0.3 is 14.2 Å². The summed E-state index contributed by atoms with van der Waals surface area (Å²) in [6.07, 6.45) is 2.44. The van der Waals surface area contributed by atoms with E-state index in [1.165, 1.54) is 7.11 Å². The number of allylic oxidation sites excluding steroid dienone is 1. The summed E-state index contributed by atoms with van der Waals surface area (Å²) in [5, 5.41) is -0.438. The molecule has 0 N–H and O–H groups in total. The number of hydrogen-bond donors (Lipinski definition) is 0. The Morgan fingerprint density at radius 1 is 1.00 bits per heavy atom. The van der Waals surface area contributed by atoms with Crippen LogP contribution in [0.3, 0.4) is 0 Å². The van der Waals surface area contributed by atoms with Gasteiger partial charge in [-0.3, -0.25) is 0 Å². The van der Waals surface area contributed by atoms with E-state index in [1.54, 1.807) is 18.2 Å². The summed E-state index contributed by atoms with van der Waals surface area (Å²) in [4.78, 5) is 12.1. The number of benzene rings is 2. The Balaban J connectivity index is 2.13. The Morgan fingerprint density at radius 3 is 2.15 bits per heavy atom. The molecule has 0 heterocycles. The average Bonchev–Trinajstić information content (AvgIpc) is 2.67. The molecule has 0 fully saturated rings. The number of carbonyl (C=O) groups excluding carboxylic acids is 1. The topological polar surface area (TPSA) is 44.8 Å². The van der Waals surface area contributed by atoms with Gasteiger partial charge in [0.15, 0.2) is 23.9 Å². The molecule has 2 rings (SSSR count). The minimum Gasteiger partial charge on any atom is -0.493 e. The van der Waals surface area contributed by atoms with Crippen LogP contribution in [-0.2, 0) is 11.2 Å². The molecule has 0 aliphatic carbocycles. The second-order valence-corrected chi connectivity index (χ2v) is 7.03. The number of esters is 1. The van der Waals surface area contributed by atoms with Crippen molar-refractivity contribution in [1.82, 2.24) is 0 Å². The zero-order valence-electron chi connectivity index (χ0n) is 14.0. The normalized spacial score (nSPS) is 10.4. The minimum absolute atomic E-state index is 0.0336. The summed E-state index contributed by atoms with van der Waals surface area (Å²) in [6.45, 7) is 3.25. The minimum atomic E-state index is -0.773. The number of methoxy groups -OCH3 is 1. The van der Waals surface area contributed by atoms with Crippen molar-refractivity contribution in [2.24, 2.45) is 0 Å². The van der Waals surface area contributed by atoms with Crippen molar-refractivity contribution in [1.29, 1.82) is 0 Å². The van der Waals surface area contributed by atoms with E-state index in [2.05, 4.69) is 6.58 Å². The van der Waals surface area contributed by atoms with Gasteiger partial charge in [0.25, 0.3) is 0 Å². The lowest BCUT2D eigenvalue weighted by molar-refractivity contribution is -0.136. The highest BCUT2D eigenvalue weighted by Crippen LogP contribution is 2.48. The third kappa shape index (κ3) is 5.15. The van der Waals surface area contributed by atoms with Gasteiger partial charge in [-0.05, 0) is 24.1 Å². The van der Waals surface area contributed by atoms with Crippen LogP contribution in [0.4, 0.5) is 0 Å². The van der Waals surface area contributed by atoms with E-state index in [9.17, 15) is 4.79 Å². The molecule has 4 nitrogen and oxygen atoms in total. The summed E-state index contributed by atoms with van der Waals surface area (Å²) in [5.74, 6) is -0.132. The molecular weight excluding hydrogens is 457 g/mol. The summed E-state index contributed by atoms with van der Waals surface area (Å²) in [5.41, 5.74) is 0.987. The summed E-state index contributed by atoms with van der Waals surface area (Å²) >= 11 is 29.8. The fraction of sp³-hybridized carbons (Fsp3) is 0.167. The van der Waals surface area contributed by atoms with Crippen molar-refractivity contribution in [3.8, 4) is 17.2 Å². The highest BCUT2D eigenvalue weighted by molar-refractivity contribution is 6.55. The van der Waals surface area contributed by atoms with Crippen LogP contribution >= 0.6 is 58.0 Å². The maximum atomic E-state index is 12.1. The number of ether oxygens (including phenoxy) is 3. The second kappa shape index (κ2) is 9.76. The molecule has 0 unspecified atom stereocenters. The average molecular weight is 471 g/mol. The molecule has 0 bridgehead atoms. The lowest BCUT2D eigenvalue weighted by Gasteiger charge is -2.14. The Hall–Kier alpha value is -1.30. The standard InChI is InChI=1S/C18H13Cl5O4/c1-3-4-9-5-6-10(11(7-9)25-2)26-8-12(24)27-18-16(22)14(20)13(19)15(21)17(18)23/h3,5-7H,1,4,8H2,2H3. The van der Waals surface area contributed by atoms with Gasteiger partial charge >= 0.3 is 5.97 Å². The lowest BCUT2D eigenvalue weighted by Crippen LogP contribution is -2.18. The number of hydrogen-bond acceptors (Lipinski definition) is 4. The summed E-state index contributed by atoms with van der Waals surface area (Å²) in [7, 11) is 1.50. The Labute approximate surface area is 181 Å². The van der Waals surface area contributed by atoms with Crippen LogP contribution in [0.1, 0.15) is 5.56 Å². The van der Waals surface area contributed by atoms with E-state index >= 15 is 0 Å². The van der Waals surface area contributed by atoms with Crippen LogP contribution in [0, 0.1) is 0 Å². The van der Waals surface area contributed by atoms with Crippen molar-refractivity contribution in [3.63, 3.8) is 0 Å². The van der Waals surface area contributed by atoms with Gasteiger partial charge in [-0.2, -0.15) is 0 Å². The summed E-state index contributed by atoms with van der Waals surface area (Å²) in [6, 6.07) is 5.30. The van der Waals surface area contributed by atoms with Crippen LogP contribution in [-0.4, -0.2) is 19.7 Å². The Morgan fingerprint density at radius 2 is 1.59 bits per heavy atom. The maximum absolute atomic E-state index is 12.1. The fourth-order valence-electron chi connectivity index (χ4n) is 2.08. The molecule has 0 aliphatic rings. The first-order valence-corrected chi connectivity index (χ1v) is 9.31. The molecule has 0 amide bonds. The van der Waals surface area contributed by atoms with Gasteiger partial charge in [-0.15, -0.1) is 6.58 Å². The Kier molecular flexibility index (Phi) is 7.95. The van der Waals surface area contributed by atoms with Crippen molar-refractivity contribution >= 4 is 64.0 Å². The molecule has 144 valence electrons. The number of halogens is 5. The van der Waals surface area contributed by atoms with Crippen LogP contribution in [0.25, 0.3) is 0 Å². The Bertz CT molecular complexity index is 854. The van der Waals surface area contributed by atoms with E-state index in [0.29, 0.717) is 17.9 Å². The summed E-state index contributed by atoms with van der Waals surface area (Å²) < 4.78 is 15.9. The first kappa shape index (κ1) is 22.0. The predicted octanol–water partition coefficient (Wildman–Crippen LogP) is 6.68. The van der Waals surface area contributed by atoms with Gasteiger partial charge in [0, 0.05) is 0 Å². The smallest absolute Gasteiger partial charge is 0.349 e. The molecule has 9 heteroatoms. The van der Waals surface area contributed by atoms with Crippen molar-refractivity contribution in [2.45, 2.75) is 6.42 Å². The number of carbonyl (C=O) groups is 1. The monoisotopic (exact) mass is 468 g/mol. The van der Waals surface area contributed by atoms with E-state index < -0.39 is 12.6 Å². The molecule has 0 radical (unpaired) electrons. The molecule has 0 saturated heterocycles. The first-order valence-electron chi connectivity index (χ1n) is 7.42. The van der Waals surface area contributed by atoms with Crippen molar-refractivity contribution < 1.29 is 19.0 Å².